The standard InChI is InChI=1S/C18H20FN3O2/c1-23-15-3-2-14-16(22-15)12(13(19)10-21-14)4-5-18-8-6-17(20,7-9-18)11-24-18/h2-5,10H,6-9,11,20H2,1H3. The van der Waals surface area contributed by atoms with Crippen molar-refractivity contribution in [2.24, 2.45) is 5.73 Å². The van der Waals surface area contributed by atoms with Gasteiger partial charge in [-0.1, -0.05) is 12.2 Å². The average molecular weight is 329 g/mol. The number of rotatable bonds is 3. The zero-order chi connectivity index (χ0) is 16.8. The SMILES string of the molecule is COc1ccc2ncc(F)c(C=CC34CCC(N)(CC3)CO4)c2n1. The number of pyridine rings is 2. The minimum absolute atomic E-state index is 0.181. The number of hydrogen-bond donors (Lipinski definition) is 1. The molecule has 0 aromatic carbocycles. The van der Waals surface area contributed by atoms with Crippen LogP contribution in [0.3, 0.4) is 0 Å². The molecule has 0 amide bonds. The van der Waals surface area contributed by atoms with Gasteiger partial charge >= 0.3 is 0 Å². The maximum absolute atomic E-state index is 14.4. The fourth-order valence-corrected chi connectivity index (χ4v) is 3.51. The van der Waals surface area contributed by atoms with Gasteiger partial charge < -0.3 is 15.2 Å². The summed E-state index contributed by atoms with van der Waals surface area (Å²) >= 11 is 0. The first-order chi connectivity index (χ1) is 11.5. The molecular weight excluding hydrogens is 309 g/mol. The summed E-state index contributed by atoms with van der Waals surface area (Å²) in [4.78, 5) is 8.44. The number of fused-ring (bicyclic) bond motifs is 4. The summed E-state index contributed by atoms with van der Waals surface area (Å²) in [6.07, 6.45) is 8.54. The highest BCUT2D eigenvalue weighted by molar-refractivity contribution is 5.84. The summed E-state index contributed by atoms with van der Waals surface area (Å²) in [5, 5.41) is 0. The molecule has 4 heterocycles. The molecule has 5 nitrogen and oxygen atoms in total. The average Bonchev–Trinajstić information content (AvgIpc) is 2.62. The molecule has 24 heavy (non-hydrogen) atoms. The van der Waals surface area contributed by atoms with Crippen molar-refractivity contribution in [2.45, 2.75) is 36.8 Å². The van der Waals surface area contributed by atoms with Gasteiger partial charge in [-0.2, -0.15) is 0 Å². The van der Waals surface area contributed by atoms with Crippen molar-refractivity contribution in [1.29, 1.82) is 0 Å². The van der Waals surface area contributed by atoms with Crippen LogP contribution < -0.4 is 10.5 Å². The normalized spacial score (nSPS) is 29.5. The summed E-state index contributed by atoms with van der Waals surface area (Å²) < 4.78 is 25.5. The van der Waals surface area contributed by atoms with Gasteiger partial charge in [-0.25, -0.2) is 9.37 Å². The molecule has 2 aliphatic heterocycles. The molecule has 6 heteroatoms. The molecule has 3 aliphatic rings. The van der Waals surface area contributed by atoms with Gasteiger partial charge in [0.1, 0.15) is 5.52 Å². The summed E-state index contributed by atoms with van der Waals surface area (Å²) in [6, 6.07) is 3.49. The van der Waals surface area contributed by atoms with Crippen molar-refractivity contribution in [3.8, 4) is 5.88 Å². The highest BCUT2D eigenvalue weighted by Gasteiger charge is 2.46. The Hall–Kier alpha value is -2.05. The Balaban J connectivity index is 1.72. The molecule has 1 aliphatic carbocycles. The van der Waals surface area contributed by atoms with E-state index in [9.17, 15) is 4.39 Å². The van der Waals surface area contributed by atoms with E-state index in [0.717, 1.165) is 25.7 Å². The molecule has 2 aromatic rings. The van der Waals surface area contributed by atoms with Gasteiger partial charge in [-0.05, 0) is 31.7 Å². The third-order valence-corrected chi connectivity index (χ3v) is 5.18. The molecule has 2 bridgehead atoms. The molecular formula is C18H20FN3O2. The smallest absolute Gasteiger partial charge is 0.213 e. The highest BCUT2D eigenvalue weighted by Crippen LogP contribution is 2.43. The third kappa shape index (κ3) is 2.56. The van der Waals surface area contributed by atoms with E-state index >= 15 is 0 Å². The Bertz CT molecular complexity index is 797. The molecule has 2 aromatic heterocycles. The van der Waals surface area contributed by atoms with Crippen LogP contribution in [0.25, 0.3) is 17.1 Å². The molecule has 3 fully saturated rings. The van der Waals surface area contributed by atoms with E-state index in [1.165, 1.54) is 13.3 Å². The lowest BCUT2D eigenvalue weighted by Gasteiger charge is -2.50. The first-order valence-electron chi connectivity index (χ1n) is 8.14. The number of nitrogens with two attached hydrogens (primary N) is 1. The summed E-state index contributed by atoms with van der Waals surface area (Å²) in [7, 11) is 1.53. The Morgan fingerprint density at radius 2 is 2.08 bits per heavy atom. The molecule has 0 radical (unpaired) electrons. The molecule has 1 saturated carbocycles. The fraction of sp³-hybridized carbons (Fsp3) is 0.444. The Labute approximate surface area is 139 Å². The number of nitrogens with zero attached hydrogens (tertiary/aromatic N) is 2. The van der Waals surface area contributed by atoms with Gasteiger partial charge in [0, 0.05) is 17.2 Å². The predicted octanol–water partition coefficient (Wildman–Crippen LogP) is 2.83. The lowest BCUT2D eigenvalue weighted by molar-refractivity contribution is -0.123. The van der Waals surface area contributed by atoms with Crippen LogP contribution in [0, 0.1) is 5.82 Å². The lowest BCUT2D eigenvalue weighted by Crippen LogP contribution is -2.58. The Kier molecular flexibility index (Phi) is 3.54. The monoisotopic (exact) mass is 329 g/mol. The van der Waals surface area contributed by atoms with Gasteiger partial charge in [-0.15, -0.1) is 0 Å². The minimum atomic E-state index is -0.407. The quantitative estimate of drug-likeness (QED) is 0.937. The number of halogens is 1. The largest absolute Gasteiger partial charge is 0.481 e. The summed E-state index contributed by atoms with van der Waals surface area (Å²) in [5.41, 5.74) is 7.25. The Morgan fingerprint density at radius 1 is 1.29 bits per heavy atom. The molecule has 2 N–H and O–H groups in total. The van der Waals surface area contributed by atoms with Crippen molar-refractivity contribution >= 4 is 17.1 Å². The van der Waals surface area contributed by atoms with Crippen LogP contribution in [0.4, 0.5) is 4.39 Å². The lowest BCUT2D eigenvalue weighted by atomic mass is 9.71. The fourth-order valence-electron chi connectivity index (χ4n) is 3.51. The maximum atomic E-state index is 14.4. The maximum Gasteiger partial charge on any atom is 0.213 e. The predicted molar refractivity (Wildman–Crippen MR) is 89.2 cm³/mol. The first kappa shape index (κ1) is 15.5. The number of hydrogen-bond acceptors (Lipinski definition) is 5. The molecule has 126 valence electrons. The van der Waals surface area contributed by atoms with Crippen LogP contribution in [0.2, 0.25) is 0 Å². The van der Waals surface area contributed by atoms with Gasteiger partial charge in [0.05, 0.1) is 31.0 Å². The summed E-state index contributed by atoms with van der Waals surface area (Å²) in [6.45, 7) is 0.559. The van der Waals surface area contributed by atoms with Crippen LogP contribution in [0.15, 0.2) is 24.4 Å². The second kappa shape index (κ2) is 5.50. The second-order valence-electron chi connectivity index (χ2n) is 6.79. The van der Waals surface area contributed by atoms with Crippen molar-refractivity contribution in [1.82, 2.24) is 9.97 Å². The highest BCUT2D eigenvalue weighted by atomic mass is 19.1. The van der Waals surface area contributed by atoms with E-state index < -0.39 is 5.82 Å². The van der Waals surface area contributed by atoms with Gasteiger partial charge in [-0.3, -0.25) is 4.98 Å². The van der Waals surface area contributed by atoms with Crippen LogP contribution in [0.5, 0.6) is 5.88 Å². The van der Waals surface area contributed by atoms with Crippen molar-refractivity contribution < 1.29 is 13.9 Å². The summed E-state index contributed by atoms with van der Waals surface area (Å²) in [5.74, 6) is 0.0258. The van der Waals surface area contributed by atoms with Crippen molar-refractivity contribution in [3.05, 3.63) is 35.8 Å². The number of aromatic nitrogens is 2. The molecule has 0 unspecified atom stereocenters. The van der Waals surface area contributed by atoms with E-state index in [0.29, 0.717) is 29.1 Å². The second-order valence-corrected chi connectivity index (χ2v) is 6.79. The van der Waals surface area contributed by atoms with Crippen molar-refractivity contribution in [3.63, 3.8) is 0 Å². The van der Waals surface area contributed by atoms with Crippen LogP contribution in [-0.2, 0) is 4.74 Å². The van der Waals surface area contributed by atoms with Crippen LogP contribution in [0.1, 0.15) is 31.2 Å². The number of ether oxygens (including phenoxy) is 2. The first-order valence-corrected chi connectivity index (χ1v) is 8.14. The van der Waals surface area contributed by atoms with Gasteiger partial charge in [0.15, 0.2) is 5.82 Å². The number of methoxy groups -OCH3 is 1. The van der Waals surface area contributed by atoms with E-state index in [4.69, 9.17) is 15.2 Å². The van der Waals surface area contributed by atoms with E-state index in [-0.39, 0.29) is 11.1 Å². The van der Waals surface area contributed by atoms with Crippen LogP contribution >= 0.6 is 0 Å². The van der Waals surface area contributed by atoms with E-state index in [2.05, 4.69) is 9.97 Å². The minimum Gasteiger partial charge on any atom is -0.481 e. The van der Waals surface area contributed by atoms with Gasteiger partial charge in [0.2, 0.25) is 5.88 Å². The third-order valence-electron chi connectivity index (χ3n) is 5.18. The van der Waals surface area contributed by atoms with Gasteiger partial charge in [0.25, 0.3) is 0 Å². The molecule has 5 rings (SSSR count). The Morgan fingerprint density at radius 3 is 2.75 bits per heavy atom. The molecule has 2 saturated heterocycles. The van der Waals surface area contributed by atoms with E-state index in [1.807, 2.05) is 6.08 Å². The molecule has 0 spiro atoms. The topological polar surface area (TPSA) is 70.3 Å². The van der Waals surface area contributed by atoms with E-state index in [1.54, 1.807) is 18.2 Å². The zero-order valence-electron chi connectivity index (χ0n) is 13.6. The zero-order valence-corrected chi connectivity index (χ0v) is 13.6. The molecule has 0 atom stereocenters. The van der Waals surface area contributed by atoms with Crippen LogP contribution in [-0.4, -0.2) is 34.8 Å². The van der Waals surface area contributed by atoms with Crippen molar-refractivity contribution in [2.75, 3.05) is 13.7 Å².